The number of rotatable bonds is 1. The molecule has 3 nitrogen and oxygen atoms in total. The minimum atomic E-state index is -0.0738. The van der Waals surface area contributed by atoms with Crippen LogP contribution in [0.2, 0.25) is 0 Å². The van der Waals surface area contributed by atoms with Crippen molar-refractivity contribution in [2.45, 2.75) is 20.8 Å². The van der Waals surface area contributed by atoms with Crippen molar-refractivity contribution in [3.63, 3.8) is 0 Å². The van der Waals surface area contributed by atoms with E-state index in [4.69, 9.17) is 0 Å². The van der Waals surface area contributed by atoms with Gasteiger partial charge in [-0.2, -0.15) is 0 Å². The Morgan fingerprint density at radius 1 is 1.46 bits per heavy atom. The van der Waals surface area contributed by atoms with Gasteiger partial charge in [0.25, 0.3) is 0 Å². The van der Waals surface area contributed by atoms with Gasteiger partial charge in [0.05, 0.1) is 5.69 Å². The number of carbonyl (C=O) groups is 1. The number of hydrogen-bond acceptors (Lipinski definition) is 3. The molecule has 1 N–H and O–H groups in total. The molecule has 0 radical (unpaired) electrons. The fourth-order valence-electron chi connectivity index (χ4n) is 1.07. The first kappa shape index (κ1) is 11.9. The van der Waals surface area contributed by atoms with Crippen molar-refractivity contribution in [3.05, 3.63) is 23.0 Å². The molecule has 1 rings (SSSR count). The van der Waals surface area contributed by atoms with E-state index in [1.165, 1.54) is 13.1 Å². The minimum Gasteiger partial charge on any atom is -0.506 e. The van der Waals surface area contributed by atoms with E-state index in [0.717, 1.165) is 0 Å². The lowest BCUT2D eigenvalue weighted by molar-refractivity contribution is 0.101. The number of pyridine rings is 1. The van der Waals surface area contributed by atoms with E-state index < -0.39 is 0 Å². The molecular weight excluding hydrogens is 190 g/mol. The van der Waals surface area contributed by atoms with Crippen LogP contribution in [0.3, 0.4) is 0 Å². The van der Waals surface area contributed by atoms with Crippen LogP contribution in [0.25, 0.3) is 0 Å². The summed E-state index contributed by atoms with van der Waals surface area (Å²) >= 11 is 0. The van der Waals surface area contributed by atoms with Crippen molar-refractivity contribution in [3.8, 4) is 5.75 Å². The summed E-state index contributed by atoms with van der Waals surface area (Å²) in [5.74, 6) is 0.0398. The molecule has 0 bridgehead atoms. The zero-order valence-electron chi connectivity index (χ0n) is 7.79. The molecule has 0 saturated carbocycles. The maximum atomic E-state index is 11.0. The summed E-state index contributed by atoms with van der Waals surface area (Å²) in [5, 5.41) is 9.42. The third kappa shape index (κ3) is 2.18. The Labute approximate surface area is 83.2 Å². The van der Waals surface area contributed by atoms with Crippen LogP contribution < -0.4 is 0 Å². The molecule has 0 aromatic carbocycles. The highest BCUT2D eigenvalue weighted by Crippen LogP contribution is 2.22. The summed E-state index contributed by atoms with van der Waals surface area (Å²) in [5.41, 5.74) is 1.64. The van der Waals surface area contributed by atoms with Crippen LogP contribution in [-0.4, -0.2) is 15.9 Å². The van der Waals surface area contributed by atoms with Gasteiger partial charge in [-0.25, -0.2) is 0 Å². The smallest absolute Gasteiger partial charge is 0.161 e. The van der Waals surface area contributed by atoms with Gasteiger partial charge in [-0.05, 0) is 20.8 Å². The number of Topliss-reactive ketones (excluding diaryl/α,β-unsaturated/α-hetero) is 1. The summed E-state index contributed by atoms with van der Waals surface area (Å²) in [6.45, 7) is 4.87. The summed E-state index contributed by atoms with van der Waals surface area (Å²) in [7, 11) is 0. The van der Waals surface area contributed by atoms with Crippen molar-refractivity contribution in [2.75, 3.05) is 0 Å². The van der Waals surface area contributed by atoms with E-state index in [0.29, 0.717) is 16.8 Å². The summed E-state index contributed by atoms with van der Waals surface area (Å²) in [4.78, 5) is 14.9. The predicted octanol–water partition coefficient (Wildman–Crippen LogP) is 2.03. The molecule has 0 fully saturated rings. The molecule has 0 aliphatic carbocycles. The fourth-order valence-corrected chi connectivity index (χ4v) is 1.07. The molecule has 72 valence electrons. The lowest BCUT2D eigenvalue weighted by atomic mass is 10.1. The van der Waals surface area contributed by atoms with Gasteiger partial charge < -0.3 is 5.11 Å². The zero-order chi connectivity index (χ0) is 9.30. The molecule has 0 saturated heterocycles. The van der Waals surface area contributed by atoms with Crippen LogP contribution in [0.1, 0.15) is 28.5 Å². The Balaban J connectivity index is 0.00000144. The quantitative estimate of drug-likeness (QED) is 0.708. The molecule has 1 heterocycles. The molecule has 13 heavy (non-hydrogen) atoms. The van der Waals surface area contributed by atoms with Gasteiger partial charge >= 0.3 is 0 Å². The van der Waals surface area contributed by atoms with Crippen LogP contribution in [0.4, 0.5) is 0 Å². The van der Waals surface area contributed by atoms with E-state index >= 15 is 0 Å². The molecule has 0 aliphatic rings. The van der Waals surface area contributed by atoms with Gasteiger partial charge in [0.15, 0.2) is 5.78 Å². The largest absolute Gasteiger partial charge is 0.506 e. The first-order chi connectivity index (χ1) is 5.54. The lowest BCUT2D eigenvalue weighted by Crippen LogP contribution is -1.99. The number of hydrogen-bond donors (Lipinski definition) is 1. The second-order valence-electron chi connectivity index (χ2n) is 2.79. The van der Waals surface area contributed by atoms with Gasteiger partial charge in [-0.3, -0.25) is 9.78 Å². The lowest BCUT2D eigenvalue weighted by Gasteiger charge is -2.05. The van der Waals surface area contributed by atoms with E-state index in [1.807, 2.05) is 0 Å². The number of ketones is 1. The van der Waals surface area contributed by atoms with Gasteiger partial charge in [-0.15, -0.1) is 12.4 Å². The first-order valence-electron chi connectivity index (χ1n) is 3.70. The fraction of sp³-hybridized carbons (Fsp3) is 0.333. The number of carbonyl (C=O) groups excluding carboxylic acids is 1. The molecule has 1 aromatic rings. The summed E-state index contributed by atoms with van der Waals surface area (Å²) in [6.07, 6.45) is 1.49. The first-order valence-corrected chi connectivity index (χ1v) is 3.70. The van der Waals surface area contributed by atoms with Crippen LogP contribution in [0.5, 0.6) is 5.75 Å². The second-order valence-corrected chi connectivity index (χ2v) is 2.79. The predicted molar refractivity (Wildman–Crippen MR) is 52.6 cm³/mol. The molecule has 0 spiro atoms. The normalized spacial score (nSPS) is 9.15. The van der Waals surface area contributed by atoms with E-state index in [1.54, 1.807) is 13.8 Å². The Morgan fingerprint density at radius 3 is 2.46 bits per heavy atom. The Hall–Kier alpha value is -1.09. The second kappa shape index (κ2) is 4.23. The molecule has 0 atom stereocenters. The molecule has 0 unspecified atom stereocenters. The highest BCUT2D eigenvalue weighted by Gasteiger charge is 2.09. The molecule has 4 heteroatoms. The molecule has 1 aromatic heterocycles. The van der Waals surface area contributed by atoms with Gasteiger partial charge in [-0.1, -0.05) is 0 Å². The third-order valence-corrected chi connectivity index (χ3v) is 1.87. The van der Waals surface area contributed by atoms with E-state index in [2.05, 4.69) is 4.98 Å². The van der Waals surface area contributed by atoms with Crippen LogP contribution >= 0.6 is 12.4 Å². The highest BCUT2D eigenvalue weighted by atomic mass is 35.5. The van der Waals surface area contributed by atoms with Gasteiger partial charge in [0.2, 0.25) is 0 Å². The van der Waals surface area contributed by atoms with Crippen LogP contribution in [-0.2, 0) is 0 Å². The van der Waals surface area contributed by atoms with Crippen molar-refractivity contribution in [1.82, 2.24) is 4.98 Å². The summed E-state index contributed by atoms with van der Waals surface area (Å²) in [6, 6.07) is 0. The van der Waals surface area contributed by atoms with E-state index in [9.17, 15) is 9.90 Å². The third-order valence-electron chi connectivity index (χ3n) is 1.87. The zero-order valence-corrected chi connectivity index (χ0v) is 8.60. The number of halogens is 1. The van der Waals surface area contributed by atoms with Crippen molar-refractivity contribution < 1.29 is 9.90 Å². The minimum absolute atomic E-state index is 0. The van der Waals surface area contributed by atoms with Crippen molar-refractivity contribution in [1.29, 1.82) is 0 Å². The number of aromatic hydroxyl groups is 1. The van der Waals surface area contributed by atoms with Crippen LogP contribution in [0, 0.1) is 13.8 Å². The Kier molecular flexibility index (Phi) is 3.88. The maximum absolute atomic E-state index is 11.0. The number of aryl methyl sites for hydroxylation is 1. The number of aromatic nitrogens is 1. The SMILES string of the molecule is CC(=O)c1cnc(C)c(O)c1C.Cl. The number of nitrogens with zero attached hydrogens (tertiary/aromatic N) is 1. The molecular formula is C9H12ClNO2. The highest BCUT2D eigenvalue weighted by molar-refractivity contribution is 5.95. The van der Waals surface area contributed by atoms with E-state index in [-0.39, 0.29) is 23.9 Å². The van der Waals surface area contributed by atoms with Gasteiger partial charge in [0.1, 0.15) is 5.75 Å². The topological polar surface area (TPSA) is 50.2 Å². The van der Waals surface area contributed by atoms with Crippen molar-refractivity contribution >= 4 is 18.2 Å². The Bertz CT molecular complexity index is 337. The standard InChI is InChI=1S/C9H11NO2.ClH/c1-5-8(7(3)11)4-10-6(2)9(5)12;/h4,12H,1-3H3;1H. The Morgan fingerprint density at radius 2 is 2.00 bits per heavy atom. The van der Waals surface area contributed by atoms with Gasteiger partial charge in [0, 0.05) is 17.3 Å². The van der Waals surface area contributed by atoms with Crippen molar-refractivity contribution in [2.24, 2.45) is 0 Å². The maximum Gasteiger partial charge on any atom is 0.161 e. The molecule has 0 aliphatic heterocycles. The average Bonchev–Trinajstić information content (AvgIpc) is 2.00. The van der Waals surface area contributed by atoms with Crippen LogP contribution in [0.15, 0.2) is 6.20 Å². The molecule has 0 amide bonds. The average molecular weight is 202 g/mol. The monoisotopic (exact) mass is 201 g/mol. The summed E-state index contributed by atoms with van der Waals surface area (Å²) < 4.78 is 0.